The van der Waals surface area contributed by atoms with Gasteiger partial charge in [-0.1, -0.05) is 41.8 Å². The molecule has 2 atom stereocenters. The molecule has 29 heavy (non-hydrogen) atoms. The highest BCUT2D eigenvalue weighted by Crippen LogP contribution is 2.30. The first-order valence-electron chi connectivity index (χ1n) is 10.0. The molecular formula is C23H30ClN3O2. The molecular weight excluding hydrogens is 386 g/mol. The van der Waals surface area contributed by atoms with Crippen LogP contribution < -0.4 is 10.7 Å². The molecule has 2 amide bonds. The maximum Gasteiger partial charge on any atom is 0.259 e. The van der Waals surface area contributed by atoms with E-state index < -0.39 is 0 Å². The van der Waals surface area contributed by atoms with Gasteiger partial charge < -0.3 is 5.32 Å². The van der Waals surface area contributed by atoms with E-state index in [4.69, 9.17) is 11.6 Å². The topological polar surface area (TPSA) is 70.6 Å². The summed E-state index contributed by atoms with van der Waals surface area (Å²) < 4.78 is 0. The number of hydrogen-bond donors (Lipinski definition) is 2. The molecule has 0 saturated carbocycles. The zero-order chi connectivity index (χ0) is 21.2. The Bertz CT molecular complexity index is 793. The SMILES string of the molecule is CC(C)=CCCC1=CC[C@@H](/C=N\NC(=O)CNC(=O)c2ccc(Cl)cc2)[C@H](C)C1. The van der Waals surface area contributed by atoms with Crippen LogP contribution in [0.3, 0.4) is 0 Å². The average Bonchev–Trinajstić information content (AvgIpc) is 2.68. The van der Waals surface area contributed by atoms with Crippen LogP contribution in [0.2, 0.25) is 5.02 Å². The Morgan fingerprint density at radius 3 is 2.62 bits per heavy atom. The third-order valence-electron chi connectivity index (χ3n) is 4.98. The van der Waals surface area contributed by atoms with Crippen molar-refractivity contribution >= 4 is 29.6 Å². The number of carbonyl (C=O) groups excluding carboxylic acids is 2. The fourth-order valence-electron chi connectivity index (χ4n) is 3.25. The minimum atomic E-state index is -0.357. The first-order valence-corrected chi connectivity index (χ1v) is 10.4. The lowest BCUT2D eigenvalue weighted by Gasteiger charge is -2.25. The van der Waals surface area contributed by atoms with Gasteiger partial charge in [-0.25, -0.2) is 5.43 Å². The molecule has 0 spiro atoms. The summed E-state index contributed by atoms with van der Waals surface area (Å²) in [5.74, 6) is 0.121. The average molecular weight is 416 g/mol. The van der Waals surface area contributed by atoms with Gasteiger partial charge in [0.1, 0.15) is 0 Å². The summed E-state index contributed by atoms with van der Waals surface area (Å²) in [5.41, 5.74) is 5.81. The minimum Gasteiger partial charge on any atom is -0.343 e. The molecule has 156 valence electrons. The highest BCUT2D eigenvalue weighted by Gasteiger charge is 2.20. The highest BCUT2D eigenvalue weighted by molar-refractivity contribution is 6.30. The van der Waals surface area contributed by atoms with Gasteiger partial charge in [0.15, 0.2) is 0 Å². The van der Waals surface area contributed by atoms with Crippen molar-refractivity contribution in [3.05, 3.63) is 58.1 Å². The zero-order valence-corrected chi connectivity index (χ0v) is 18.1. The number of halogens is 1. The minimum absolute atomic E-state index is 0.132. The van der Waals surface area contributed by atoms with E-state index >= 15 is 0 Å². The van der Waals surface area contributed by atoms with E-state index in [1.807, 2.05) is 6.21 Å². The molecule has 0 saturated heterocycles. The van der Waals surface area contributed by atoms with Gasteiger partial charge in [0.2, 0.25) is 0 Å². The van der Waals surface area contributed by atoms with Crippen LogP contribution in [-0.2, 0) is 4.79 Å². The second-order valence-corrected chi connectivity index (χ2v) is 8.20. The van der Waals surface area contributed by atoms with Gasteiger partial charge in [-0.05, 0) is 69.7 Å². The Balaban J connectivity index is 1.72. The van der Waals surface area contributed by atoms with Gasteiger partial charge in [0, 0.05) is 22.7 Å². The van der Waals surface area contributed by atoms with E-state index in [2.05, 4.69) is 48.8 Å². The van der Waals surface area contributed by atoms with Crippen molar-refractivity contribution in [1.29, 1.82) is 0 Å². The quantitative estimate of drug-likeness (QED) is 0.360. The van der Waals surface area contributed by atoms with Crippen LogP contribution in [0.5, 0.6) is 0 Å². The fourth-order valence-corrected chi connectivity index (χ4v) is 3.38. The molecule has 2 N–H and O–H groups in total. The van der Waals surface area contributed by atoms with Gasteiger partial charge in [-0.2, -0.15) is 5.10 Å². The largest absolute Gasteiger partial charge is 0.343 e. The first-order chi connectivity index (χ1) is 13.8. The Hall–Kier alpha value is -2.40. The third kappa shape index (κ3) is 8.24. The van der Waals surface area contributed by atoms with Crippen molar-refractivity contribution in [2.24, 2.45) is 16.9 Å². The molecule has 0 unspecified atom stereocenters. The number of nitrogens with zero attached hydrogens (tertiary/aromatic N) is 1. The van der Waals surface area contributed by atoms with Gasteiger partial charge in [-0.15, -0.1) is 0 Å². The van der Waals surface area contributed by atoms with E-state index in [-0.39, 0.29) is 18.4 Å². The Kier molecular flexibility index (Phi) is 9.13. The van der Waals surface area contributed by atoms with E-state index in [0.29, 0.717) is 22.4 Å². The molecule has 5 nitrogen and oxygen atoms in total. The predicted molar refractivity (Wildman–Crippen MR) is 119 cm³/mol. The highest BCUT2D eigenvalue weighted by atomic mass is 35.5. The number of rotatable bonds is 8. The Labute approximate surface area is 178 Å². The second-order valence-electron chi connectivity index (χ2n) is 7.77. The van der Waals surface area contributed by atoms with Crippen LogP contribution in [0.15, 0.2) is 52.7 Å². The standard InChI is InChI=1S/C23H30ClN3O2/c1-16(2)5-4-6-18-7-8-20(17(3)13-18)14-26-27-22(28)15-25-23(29)19-9-11-21(24)12-10-19/h5,7,9-12,14,17,20H,4,6,8,13,15H2,1-3H3,(H,25,29)(H,27,28)/b26-14-/t17-,20+/m1/s1. The summed E-state index contributed by atoms with van der Waals surface area (Å²) in [5, 5.41) is 7.21. The molecule has 0 radical (unpaired) electrons. The number of allylic oxidation sites excluding steroid dienone is 4. The van der Waals surface area contributed by atoms with E-state index in [1.165, 1.54) is 11.1 Å². The lowest BCUT2D eigenvalue weighted by atomic mass is 9.80. The number of carbonyl (C=O) groups is 2. The third-order valence-corrected chi connectivity index (χ3v) is 5.23. The fraction of sp³-hybridized carbons (Fsp3) is 0.435. The zero-order valence-electron chi connectivity index (χ0n) is 17.4. The number of hydrazone groups is 1. The van der Waals surface area contributed by atoms with E-state index in [9.17, 15) is 9.59 Å². The van der Waals surface area contributed by atoms with Crippen molar-refractivity contribution in [3.63, 3.8) is 0 Å². The summed E-state index contributed by atoms with van der Waals surface area (Å²) in [7, 11) is 0. The predicted octanol–water partition coefficient (Wildman–Crippen LogP) is 4.89. The van der Waals surface area contributed by atoms with Gasteiger partial charge in [0.05, 0.1) is 6.54 Å². The van der Waals surface area contributed by atoms with Crippen molar-refractivity contribution < 1.29 is 9.59 Å². The molecule has 0 aliphatic heterocycles. The molecule has 0 heterocycles. The molecule has 0 aromatic heterocycles. The van der Waals surface area contributed by atoms with Gasteiger partial charge >= 0.3 is 0 Å². The molecule has 2 rings (SSSR count). The summed E-state index contributed by atoms with van der Waals surface area (Å²) in [6, 6.07) is 6.49. The molecule has 1 aliphatic carbocycles. The monoisotopic (exact) mass is 415 g/mol. The van der Waals surface area contributed by atoms with Crippen molar-refractivity contribution in [2.75, 3.05) is 6.54 Å². The van der Waals surface area contributed by atoms with Crippen LogP contribution >= 0.6 is 11.6 Å². The van der Waals surface area contributed by atoms with Crippen LogP contribution in [0.4, 0.5) is 0 Å². The summed E-state index contributed by atoms with van der Waals surface area (Å²) >= 11 is 5.80. The first kappa shape index (κ1) is 22.9. The van der Waals surface area contributed by atoms with Crippen LogP contribution in [0.25, 0.3) is 0 Å². The number of amides is 2. The van der Waals surface area contributed by atoms with Crippen molar-refractivity contribution in [1.82, 2.24) is 10.7 Å². The Morgan fingerprint density at radius 2 is 1.97 bits per heavy atom. The van der Waals surface area contributed by atoms with Gasteiger partial charge in [-0.3, -0.25) is 9.59 Å². The van der Waals surface area contributed by atoms with Crippen molar-refractivity contribution in [3.8, 4) is 0 Å². The van der Waals surface area contributed by atoms with Gasteiger partial charge in [0.25, 0.3) is 11.8 Å². The molecule has 6 heteroatoms. The lowest BCUT2D eigenvalue weighted by molar-refractivity contribution is -0.120. The van der Waals surface area contributed by atoms with Crippen LogP contribution in [0.1, 0.15) is 56.8 Å². The Morgan fingerprint density at radius 1 is 1.24 bits per heavy atom. The van der Waals surface area contributed by atoms with Crippen molar-refractivity contribution in [2.45, 2.75) is 46.5 Å². The molecule has 1 aromatic carbocycles. The summed E-state index contributed by atoms with van der Waals surface area (Å²) in [6.07, 6.45) is 10.6. The number of benzene rings is 1. The lowest BCUT2D eigenvalue weighted by Crippen LogP contribution is -2.35. The number of nitrogens with one attached hydrogen (secondary N) is 2. The molecule has 1 aromatic rings. The van der Waals surface area contributed by atoms with Crippen LogP contribution in [0, 0.1) is 11.8 Å². The molecule has 0 bridgehead atoms. The van der Waals surface area contributed by atoms with E-state index in [1.54, 1.807) is 24.3 Å². The number of hydrogen-bond acceptors (Lipinski definition) is 3. The maximum atomic E-state index is 12.0. The normalized spacial score (nSPS) is 18.8. The molecule has 0 fully saturated rings. The molecule has 1 aliphatic rings. The smallest absolute Gasteiger partial charge is 0.259 e. The summed E-state index contributed by atoms with van der Waals surface area (Å²) in [4.78, 5) is 23.9. The second kappa shape index (κ2) is 11.6. The van der Waals surface area contributed by atoms with E-state index in [0.717, 1.165) is 25.7 Å². The van der Waals surface area contributed by atoms with Crippen LogP contribution in [-0.4, -0.2) is 24.6 Å². The maximum absolute atomic E-state index is 12.0. The summed E-state index contributed by atoms with van der Waals surface area (Å²) in [6.45, 7) is 6.34.